The molecule has 1 amide bonds. The van der Waals surface area contributed by atoms with Crippen LogP contribution in [0, 0.1) is 0 Å². The molecule has 132 valence electrons. The van der Waals surface area contributed by atoms with E-state index < -0.39 is 0 Å². The Morgan fingerprint density at radius 1 is 1.23 bits per heavy atom. The molecule has 4 nitrogen and oxygen atoms in total. The summed E-state index contributed by atoms with van der Waals surface area (Å²) in [5, 5.41) is 2.85. The van der Waals surface area contributed by atoms with Gasteiger partial charge in [0.05, 0.1) is 18.2 Å². The Labute approximate surface area is 157 Å². The maximum absolute atomic E-state index is 12.9. The minimum atomic E-state index is 0.0135. The Morgan fingerprint density at radius 2 is 2.08 bits per heavy atom. The number of ether oxygens (including phenoxy) is 1. The van der Waals surface area contributed by atoms with Gasteiger partial charge in [-0.15, -0.1) is 11.3 Å². The summed E-state index contributed by atoms with van der Waals surface area (Å²) in [6.45, 7) is 0.770. The summed E-state index contributed by atoms with van der Waals surface area (Å²) in [5.74, 6) is 0.834. The molecule has 3 aromatic rings. The fourth-order valence-corrected chi connectivity index (χ4v) is 4.04. The number of benzene rings is 2. The normalized spacial score (nSPS) is 16.2. The molecule has 0 bridgehead atoms. The molecule has 1 fully saturated rings. The molecule has 1 aromatic heterocycles. The Bertz CT molecular complexity index is 907. The van der Waals surface area contributed by atoms with Gasteiger partial charge in [-0.05, 0) is 29.7 Å². The fraction of sp³-hybridized carbons (Fsp3) is 0.238. The lowest BCUT2D eigenvalue weighted by atomic mass is 9.94. The van der Waals surface area contributed by atoms with Crippen LogP contribution in [0.3, 0.4) is 0 Å². The zero-order valence-electron chi connectivity index (χ0n) is 14.6. The molecule has 0 N–H and O–H groups in total. The van der Waals surface area contributed by atoms with Crippen LogP contribution in [0.5, 0.6) is 5.75 Å². The summed E-state index contributed by atoms with van der Waals surface area (Å²) >= 11 is 1.55. The van der Waals surface area contributed by atoms with Crippen LogP contribution in [0.4, 0.5) is 0 Å². The Kier molecular flexibility index (Phi) is 4.71. The van der Waals surface area contributed by atoms with Crippen molar-refractivity contribution in [1.82, 2.24) is 9.88 Å². The van der Waals surface area contributed by atoms with Crippen LogP contribution < -0.4 is 4.74 Å². The predicted molar refractivity (Wildman–Crippen MR) is 103 cm³/mol. The van der Waals surface area contributed by atoms with Gasteiger partial charge in [0.15, 0.2) is 0 Å². The second kappa shape index (κ2) is 7.30. The topological polar surface area (TPSA) is 42.4 Å². The highest BCUT2D eigenvalue weighted by atomic mass is 32.1. The molecule has 1 aliphatic heterocycles. The molecule has 0 saturated carbocycles. The molecular weight excluding hydrogens is 344 g/mol. The number of likely N-dealkylation sites (tertiary alicyclic amines) is 1. The number of aromatic nitrogens is 1. The fourth-order valence-electron chi connectivity index (χ4n) is 3.23. The molecule has 26 heavy (non-hydrogen) atoms. The lowest BCUT2D eigenvalue weighted by Crippen LogP contribution is -2.45. The standard InChI is InChI=1S/C21H20N2O2S/c1-25-17-9-5-8-16(13-17)19-10-11-23(19)21(24)18-14-26-20(22-18)12-15-6-3-2-4-7-15/h2-9,13-14,19H,10-12H2,1H3/t19-/m1/s1. The number of amides is 1. The van der Waals surface area contributed by atoms with E-state index in [0.717, 1.165) is 35.7 Å². The van der Waals surface area contributed by atoms with Crippen LogP contribution in [-0.4, -0.2) is 29.4 Å². The summed E-state index contributed by atoms with van der Waals surface area (Å²) in [6, 6.07) is 18.3. The van der Waals surface area contributed by atoms with E-state index >= 15 is 0 Å². The number of thiazole rings is 1. The van der Waals surface area contributed by atoms with E-state index in [4.69, 9.17) is 4.74 Å². The number of rotatable bonds is 5. The first-order valence-corrected chi connectivity index (χ1v) is 9.56. The molecule has 4 rings (SSSR count). The van der Waals surface area contributed by atoms with Crippen molar-refractivity contribution < 1.29 is 9.53 Å². The van der Waals surface area contributed by atoms with Gasteiger partial charge in [-0.25, -0.2) is 4.98 Å². The van der Waals surface area contributed by atoms with Crippen LogP contribution in [0.15, 0.2) is 60.0 Å². The highest BCUT2D eigenvalue weighted by molar-refractivity contribution is 7.09. The number of hydrogen-bond donors (Lipinski definition) is 0. The molecule has 1 aliphatic rings. The monoisotopic (exact) mass is 364 g/mol. The Morgan fingerprint density at radius 3 is 2.81 bits per heavy atom. The molecule has 2 heterocycles. The van der Waals surface area contributed by atoms with Gasteiger partial charge in [-0.1, -0.05) is 42.5 Å². The largest absolute Gasteiger partial charge is 0.497 e. The van der Waals surface area contributed by atoms with Crippen LogP contribution in [0.1, 0.15) is 39.1 Å². The van der Waals surface area contributed by atoms with Gasteiger partial charge in [0, 0.05) is 18.3 Å². The quantitative estimate of drug-likeness (QED) is 0.677. The SMILES string of the molecule is COc1cccc([C@H]2CCN2C(=O)c2csc(Cc3ccccc3)n2)c1. The van der Waals surface area contributed by atoms with Crippen molar-refractivity contribution in [2.24, 2.45) is 0 Å². The number of methoxy groups -OCH3 is 1. The highest BCUT2D eigenvalue weighted by Gasteiger charge is 2.35. The number of nitrogens with zero attached hydrogens (tertiary/aromatic N) is 2. The molecule has 0 aliphatic carbocycles. The van der Waals surface area contributed by atoms with Crippen molar-refractivity contribution in [3.8, 4) is 5.75 Å². The van der Waals surface area contributed by atoms with Gasteiger partial charge in [0.1, 0.15) is 11.4 Å². The lowest BCUT2D eigenvalue weighted by Gasteiger charge is -2.41. The van der Waals surface area contributed by atoms with E-state index in [0.29, 0.717) is 5.69 Å². The van der Waals surface area contributed by atoms with Crippen molar-refractivity contribution >= 4 is 17.2 Å². The van der Waals surface area contributed by atoms with Crippen LogP contribution in [0.25, 0.3) is 0 Å². The summed E-state index contributed by atoms with van der Waals surface area (Å²) in [5.41, 5.74) is 2.87. The van der Waals surface area contributed by atoms with Gasteiger partial charge in [0.2, 0.25) is 0 Å². The average molecular weight is 364 g/mol. The van der Waals surface area contributed by atoms with E-state index in [1.54, 1.807) is 18.4 Å². The van der Waals surface area contributed by atoms with Gasteiger partial charge in [-0.2, -0.15) is 0 Å². The summed E-state index contributed by atoms with van der Waals surface area (Å²) in [7, 11) is 1.66. The van der Waals surface area contributed by atoms with Gasteiger partial charge in [0.25, 0.3) is 5.91 Å². The molecule has 1 atom stereocenters. The van der Waals surface area contributed by atoms with Crippen LogP contribution in [0.2, 0.25) is 0 Å². The van der Waals surface area contributed by atoms with E-state index in [1.165, 1.54) is 5.56 Å². The second-order valence-corrected chi connectivity index (χ2v) is 7.31. The third-order valence-corrected chi connectivity index (χ3v) is 5.58. The van der Waals surface area contributed by atoms with Crippen molar-refractivity contribution in [2.45, 2.75) is 18.9 Å². The average Bonchev–Trinajstić information content (AvgIpc) is 3.10. The Hall–Kier alpha value is -2.66. The molecule has 0 radical (unpaired) electrons. The van der Waals surface area contributed by atoms with E-state index in [2.05, 4.69) is 23.2 Å². The zero-order valence-corrected chi connectivity index (χ0v) is 15.4. The van der Waals surface area contributed by atoms with Crippen molar-refractivity contribution in [1.29, 1.82) is 0 Å². The molecule has 0 unspecified atom stereocenters. The first kappa shape index (κ1) is 16.8. The van der Waals surface area contributed by atoms with Crippen LogP contribution in [-0.2, 0) is 6.42 Å². The molecular formula is C21H20N2O2S. The van der Waals surface area contributed by atoms with Crippen LogP contribution >= 0.6 is 11.3 Å². The summed E-state index contributed by atoms with van der Waals surface area (Å²) in [6.07, 6.45) is 1.73. The first-order valence-electron chi connectivity index (χ1n) is 8.68. The van der Waals surface area contributed by atoms with Gasteiger partial charge in [-0.3, -0.25) is 4.79 Å². The summed E-state index contributed by atoms with van der Waals surface area (Å²) < 4.78 is 5.30. The Balaban J connectivity index is 1.47. The maximum atomic E-state index is 12.9. The smallest absolute Gasteiger partial charge is 0.273 e. The van der Waals surface area contributed by atoms with E-state index in [1.807, 2.05) is 46.7 Å². The van der Waals surface area contributed by atoms with Crippen molar-refractivity contribution in [2.75, 3.05) is 13.7 Å². The van der Waals surface area contributed by atoms with Gasteiger partial charge >= 0.3 is 0 Å². The zero-order chi connectivity index (χ0) is 17.9. The van der Waals surface area contributed by atoms with Crippen molar-refractivity contribution in [3.05, 3.63) is 81.8 Å². The number of carbonyl (C=O) groups is 1. The first-order chi connectivity index (χ1) is 12.7. The minimum absolute atomic E-state index is 0.0135. The lowest BCUT2D eigenvalue weighted by molar-refractivity contribution is 0.0454. The van der Waals surface area contributed by atoms with E-state index in [9.17, 15) is 4.79 Å². The van der Waals surface area contributed by atoms with Gasteiger partial charge < -0.3 is 9.64 Å². The number of carbonyl (C=O) groups excluding carboxylic acids is 1. The molecule has 1 saturated heterocycles. The second-order valence-electron chi connectivity index (χ2n) is 6.37. The third-order valence-electron chi connectivity index (χ3n) is 4.73. The number of hydrogen-bond acceptors (Lipinski definition) is 4. The van der Waals surface area contributed by atoms with Crippen molar-refractivity contribution in [3.63, 3.8) is 0 Å². The highest BCUT2D eigenvalue weighted by Crippen LogP contribution is 2.36. The molecule has 0 spiro atoms. The van der Waals surface area contributed by atoms with E-state index in [-0.39, 0.29) is 11.9 Å². The summed E-state index contributed by atoms with van der Waals surface area (Å²) in [4.78, 5) is 19.3. The molecule has 2 aromatic carbocycles. The molecule has 5 heteroatoms. The maximum Gasteiger partial charge on any atom is 0.273 e. The predicted octanol–water partition coefficient (Wildman–Crippen LogP) is 4.33. The third kappa shape index (κ3) is 3.35. The minimum Gasteiger partial charge on any atom is -0.497 e.